The molecule has 0 aliphatic heterocycles. The van der Waals surface area contributed by atoms with Crippen molar-refractivity contribution in [3.05, 3.63) is 34.3 Å². The molecule has 70 valence electrons. The van der Waals surface area contributed by atoms with Gasteiger partial charge in [0.1, 0.15) is 0 Å². The van der Waals surface area contributed by atoms with Gasteiger partial charge in [-0.2, -0.15) is 0 Å². The first-order valence-corrected chi connectivity index (χ1v) is 5.86. The van der Waals surface area contributed by atoms with E-state index in [0.717, 1.165) is 11.8 Å². The molecule has 0 spiro atoms. The molecule has 2 atom stereocenters. The number of rotatable bonds is 3. The average molecular weight is 239 g/mol. The van der Waals surface area contributed by atoms with Gasteiger partial charge in [0.2, 0.25) is 0 Å². The largest absolute Gasteiger partial charge is 0.0654 e. The van der Waals surface area contributed by atoms with E-state index in [1.165, 1.54) is 29.3 Å². The van der Waals surface area contributed by atoms with Gasteiger partial charge in [0, 0.05) is 4.47 Å². The Morgan fingerprint density at radius 1 is 1.46 bits per heavy atom. The minimum atomic E-state index is 0.859. The van der Waals surface area contributed by atoms with Crippen molar-refractivity contribution in [2.24, 2.45) is 5.92 Å². The van der Waals surface area contributed by atoms with Gasteiger partial charge >= 0.3 is 0 Å². The fourth-order valence-electron chi connectivity index (χ4n) is 2.08. The van der Waals surface area contributed by atoms with Crippen molar-refractivity contribution >= 4 is 15.9 Å². The van der Waals surface area contributed by atoms with Gasteiger partial charge in [0.25, 0.3) is 0 Å². The van der Waals surface area contributed by atoms with E-state index in [2.05, 4.69) is 47.1 Å². The summed E-state index contributed by atoms with van der Waals surface area (Å²) < 4.78 is 1.21. The predicted molar refractivity (Wildman–Crippen MR) is 59.9 cm³/mol. The van der Waals surface area contributed by atoms with Gasteiger partial charge in [0.15, 0.2) is 0 Å². The molecule has 1 aromatic rings. The molecule has 1 heteroatoms. The molecular formula is C12H15Br. The quantitative estimate of drug-likeness (QED) is 0.735. The Balaban J connectivity index is 2.03. The van der Waals surface area contributed by atoms with E-state index < -0.39 is 0 Å². The van der Waals surface area contributed by atoms with Crippen molar-refractivity contribution in [1.29, 1.82) is 0 Å². The number of hydrogen-bond donors (Lipinski definition) is 0. The molecule has 0 radical (unpaired) electrons. The first kappa shape index (κ1) is 9.26. The third-order valence-corrected chi connectivity index (χ3v) is 3.35. The van der Waals surface area contributed by atoms with Gasteiger partial charge < -0.3 is 0 Å². The topological polar surface area (TPSA) is 0 Å². The van der Waals surface area contributed by atoms with Gasteiger partial charge in [-0.1, -0.05) is 47.8 Å². The zero-order valence-corrected chi connectivity index (χ0v) is 9.55. The molecule has 0 saturated heterocycles. The SMILES string of the molecule is CCCC1CC1c1cccc(Br)c1. The lowest BCUT2D eigenvalue weighted by atomic mass is 10.1. The lowest BCUT2D eigenvalue weighted by Crippen LogP contribution is -1.83. The van der Waals surface area contributed by atoms with Crippen LogP contribution in [0.5, 0.6) is 0 Å². The maximum atomic E-state index is 3.52. The smallest absolute Gasteiger partial charge is 0.0178 e. The van der Waals surface area contributed by atoms with Crippen LogP contribution in [0, 0.1) is 5.92 Å². The van der Waals surface area contributed by atoms with Crippen LogP contribution in [0.25, 0.3) is 0 Å². The lowest BCUT2D eigenvalue weighted by Gasteiger charge is -1.99. The summed E-state index contributed by atoms with van der Waals surface area (Å²) in [7, 11) is 0. The summed E-state index contributed by atoms with van der Waals surface area (Å²) in [5.74, 6) is 1.83. The maximum absolute atomic E-state index is 3.52. The minimum Gasteiger partial charge on any atom is -0.0654 e. The van der Waals surface area contributed by atoms with Gasteiger partial charge in [-0.15, -0.1) is 0 Å². The van der Waals surface area contributed by atoms with Crippen LogP contribution in [-0.4, -0.2) is 0 Å². The fourth-order valence-corrected chi connectivity index (χ4v) is 2.50. The van der Waals surface area contributed by atoms with Crippen LogP contribution in [0.15, 0.2) is 28.7 Å². The molecule has 1 aliphatic rings. The van der Waals surface area contributed by atoms with E-state index in [4.69, 9.17) is 0 Å². The molecular weight excluding hydrogens is 224 g/mol. The van der Waals surface area contributed by atoms with Crippen LogP contribution in [0.2, 0.25) is 0 Å². The molecule has 1 saturated carbocycles. The molecule has 1 fully saturated rings. The Morgan fingerprint density at radius 3 is 3.00 bits per heavy atom. The summed E-state index contributed by atoms with van der Waals surface area (Å²) in [5.41, 5.74) is 1.52. The third-order valence-electron chi connectivity index (χ3n) is 2.86. The van der Waals surface area contributed by atoms with Gasteiger partial charge in [-0.3, -0.25) is 0 Å². The maximum Gasteiger partial charge on any atom is 0.0178 e. The van der Waals surface area contributed by atoms with Crippen molar-refractivity contribution in [1.82, 2.24) is 0 Å². The number of hydrogen-bond acceptors (Lipinski definition) is 0. The highest BCUT2D eigenvalue weighted by Gasteiger charge is 2.36. The van der Waals surface area contributed by atoms with Gasteiger partial charge in [0.05, 0.1) is 0 Å². The standard InChI is InChI=1S/C12H15Br/c1-2-4-9-8-12(9)10-5-3-6-11(13)7-10/h3,5-7,9,12H,2,4,8H2,1H3. The second-order valence-corrected chi connectivity index (χ2v) is 4.86. The van der Waals surface area contributed by atoms with Crippen molar-refractivity contribution in [2.75, 3.05) is 0 Å². The monoisotopic (exact) mass is 238 g/mol. The normalized spacial score (nSPS) is 26.0. The minimum absolute atomic E-state index is 0.859. The molecule has 2 rings (SSSR count). The van der Waals surface area contributed by atoms with Crippen molar-refractivity contribution in [3.8, 4) is 0 Å². The Labute approximate surface area is 88.5 Å². The highest BCUT2D eigenvalue weighted by atomic mass is 79.9. The summed E-state index contributed by atoms with van der Waals surface area (Å²) in [4.78, 5) is 0. The fraction of sp³-hybridized carbons (Fsp3) is 0.500. The molecule has 1 aromatic carbocycles. The summed E-state index contributed by atoms with van der Waals surface area (Å²) >= 11 is 3.52. The highest BCUT2D eigenvalue weighted by Crippen LogP contribution is 2.50. The second kappa shape index (κ2) is 3.83. The van der Waals surface area contributed by atoms with Crippen LogP contribution in [-0.2, 0) is 0 Å². The van der Waals surface area contributed by atoms with Crippen LogP contribution in [0.4, 0.5) is 0 Å². The predicted octanol–water partition coefficient (Wildman–Crippen LogP) is 4.35. The van der Waals surface area contributed by atoms with E-state index in [1.807, 2.05) is 0 Å². The van der Waals surface area contributed by atoms with Crippen LogP contribution >= 0.6 is 15.9 Å². The van der Waals surface area contributed by atoms with Crippen LogP contribution in [0.3, 0.4) is 0 Å². The lowest BCUT2D eigenvalue weighted by molar-refractivity contribution is 0.687. The second-order valence-electron chi connectivity index (χ2n) is 3.95. The first-order valence-electron chi connectivity index (χ1n) is 5.06. The van der Waals surface area contributed by atoms with E-state index in [0.29, 0.717) is 0 Å². The molecule has 13 heavy (non-hydrogen) atoms. The van der Waals surface area contributed by atoms with E-state index >= 15 is 0 Å². The molecule has 0 bridgehead atoms. The van der Waals surface area contributed by atoms with Crippen molar-refractivity contribution in [2.45, 2.75) is 32.1 Å². The first-order chi connectivity index (χ1) is 6.31. The Bertz CT molecular complexity index is 293. The molecule has 0 aromatic heterocycles. The van der Waals surface area contributed by atoms with E-state index in [-0.39, 0.29) is 0 Å². The Kier molecular flexibility index (Phi) is 2.73. The van der Waals surface area contributed by atoms with Crippen molar-refractivity contribution < 1.29 is 0 Å². The highest BCUT2D eigenvalue weighted by molar-refractivity contribution is 9.10. The summed E-state index contributed by atoms with van der Waals surface area (Å²) in [5, 5.41) is 0. The average Bonchev–Trinajstić information content (AvgIpc) is 2.85. The van der Waals surface area contributed by atoms with E-state index in [1.54, 1.807) is 0 Å². The molecule has 0 amide bonds. The van der Waals surface area contributed by atoms with Crippen LogP contribution < -0.4 is 0 Å². The molecule has 0 heterocycles. The number of benzene rings is 1. The molecule has 0 nitrogen and oxygen atoms in total. The summed E-state index contributed by atoms with van der Waals surface area (Å²) in [6.07, 6.45) is 4.14. The zero-order valence-electron chi connectivity index (χ0n) is 7.96. The van der Waals surface area contributed by atoms with Gasteiger partial charge in [-0.25, -0.2) is 0 Å². The molecule has 1 aliphatic carbocycles. The van der Waals surface area contributed by atoms with Gasteiger partial charge in [-0.05, 0) is 36.0 Å². The molecule has 0 N–H and O–H groups in total. The Morgan fingerprint density at radius 2 is 2.31 bits per heavy atom. The van der Waals surface area contributed by atoms with Crippen LogP contribution in [0.1, 0.15) is 37.7 Å². The van der Waals surface area contributed by atoms with E-state index in [9.17, 15) is 0 Å². The summed E-state index contributed by atoms with van der Waals surface area (Å²) in [6, 6.07) is 8.76. The zero-order chi connectivity index (χ0) is 9.26. The van der Waals surface area contributed by atoms with Crippen molar-refractivity contribution in [3.63, 3.8) is 0 Å². The third kappa shape index (κ3) is 2.14. The number of halogens is 1. The summed E-state index contributed by atoms with van der Waals surface area (Å²) in [6.45, 7) is 2.27. The molecule has 2 unspecified atom stereocenters. The Hall–Kier alpha value is -0.300.